The van der Waals surface area contributed by atoms with Crippen LogP contribution >= 0.6 is 0 Å². The Bertz CT molecular complexity index is 1360. The summed E-state index contributed by atoms with van der Waals surface area (Å²) in [6.45, 7) is 7.80. The van der Waals surface area contributed by atoms with Crippen molar-refractivity contribution in [3.05, 3.63) is 83.3 Å². The third-order valence-electron chi connectivity index (χ3n) is 5.63. The highest BCUT2D eigenvalue weighted by atomic mass is 32.2. The summed E-state index contributed by atoms with van der Waals surface area (Å²) in [6.07, 6.45) is 2.47. The molecule has 2 aromatic carbocycles. The van der Waals surface area contributed by atoms with Crippen LogP contribution in [0.2, 0.25) is 0 Å². The molecule has 3 rings (SSSR count). The van der Waals surface area contributed by atoms with Crippen molar-refractivity contribution in [2.75, 3.05) is 6.54 Å². The molecule has 0 amide bonds. The quantitative estimate of drug-likeness (QED) is 0.273. The van der Waals surface area contributed by atoms with Crippen molar-refractivity contribution in [1.82, 2.24) is 15.3 Å². The van der Waals surface area contributed by atoms with E-state index in [1.54, 1.807) is 46.0 Å². The fourth-order valence-corrected chi connectivity index (χ4v) is 4.50. The molecule has 1 aromatic heterocycles. The minimum atomic E-state index is -3.38. The van der Waals surface area contributed by atoms with Crippen molar-refractivity contribution in [3.63, 3.8) is 0 Å². The van der Waals surface area contributed by atoms with Gasteiger partial charge in [-0.1, -0.05) is 36.4 Å². The first-order chi connectivity index (χ1) is 17.0. The molecule has 1 heterocycles. The van der Waals surface area contributed by atoms with E-state index in [1.807, 2.05) is 24.3 Å². The van der Waals surface area contributed by atoms with Gasteiger partial charge in [-0.3, -0.25) is 9.78 Å². The number of aryl methyl sites for hydroxylation is 1. The van der Waals surface area contributed by atoms with Gasteiger partial charge in [-0.15, -0.1) is 0 Å². The number of allylic oxidation sites excluding steroid dienone is 1. The van der Waals surface area contributed by atoms with Crippen LogP contribution in [0.3, 0.4) is 0 Å². The molecular formula is C27H38N4O4S. The molecule has 0 radical (unpaired) electrons. The molecule has 1 atom stereocenters. The van der Waals surface area contributed by atoms with Gasteiger partial charge in [-0.05, 0) is 51.0 Å². The average molecular weight is 515 g/mol. The van der Waals surface area contributed by atoms with Crippen molar-refractivity contribution in [3.8, 4) is 11.3 Å². The van der Waals surface area contributed by atoms with Gasteiger partial charge in [0.2, 0.25) is 5.78 Å². The maximum atomic E-state index is 13.0. The second kappa shape index (κ2) is 11.6. The monoisotopic (exact) mass is 514 g/mol. The number of carbonyl (C=O) groups excluding carboxylic acids is 1. The number of sulfone groups is 1. The van der Waals surface area contributed by atoms with E-state index in [0.29, 0.717) is 41.3 Å². The molecular weight excluding hydrogens is 476 g/mol. The first-order valence-corrected chi connectivity index (χ1v) is 13.2. The van der Waals surface area contributed by atoms with E-state index in [4.69, 9.17) is 5.73 Å². The van der Waals surface area contributed by atoms with Crippen LogP contribution in [0.1, 0.15) is 52.4 Å². The number of rotatable bonds is 10. The minimum absolute atomic E-state index is 0. The van der Waals surface area contributed by atoms with Gasteiger partial charge < -0.3 is 16.2 Å². The van der Waals surface area contributed by atoms with Gasteiger partial charge in [-0.2, -0.15) is 0 Å². The van der Waals surface area contributed by atoms with Crippen LogP contribution in [0.15, 0.2) is 65.7 Å². The van der Waals surface area contributed by atoms with Crippen molar-refractivity contribution in [2.45, 2.75) is 50.5 Å². The predicted octanol–water partition coefficient (Wildman–Crippen LogP) is 4.03. The highest BCUT2D eigenvalue weighted by Crippen LogP contribution is 2.23. The number of carbonyl (C=O) groups is 1. The predicted molar refractivity (Wildman–Crippen MR) is 147 cm³/mol. The Kier molecular flexibility index (Phi) is 8.73. The highest BCUT2D eigenvalue weighted by Gasteiger charge is 2.19. The van der Waals surface area contributed by atoms with Gasteiger partial charge in [0.05, 0.1) is 33.8 Å². The zero-order valence-electron chi connectivity index (χ0n) is 20.9. The van der Waals surface area contributed by atoms with Crippen molar-refractivity contribution in [2.24, 2.45) is 5.73 Å². The number of nitrogens with two attached hydrogens (primary N) is 1. The summed E-state index contributed by atoms with van der Waals surface area (Å²) >= 11 is 0. The fraction of sp³-hybridized carbons (Fsp3) is 0.296. The van der Waals surface area contributed by atoms with E-state index in [1.165, 1.54) is 18.2 Å². The summed E-state index contributed by atoms with van der Waals surface area (Å²) < 4.78 is 24.7. The molecule has 4 N–H and O–H groups in total. The summed E-state index contributed by atoms with van der Waals surface area (Å²) in [5.41, 5.74) is 9.97. The maximum absolute atomic E-state index is 13.0. The second-order valence-electron chi connectivity index (χ2n) is 8.95. The normalized spacial score (nSPS) is 13.1. The lowest BCUT2D eigenvalue weighted by Gasteiger charge is -2.10. The lowest BCUT2D eigenvalue weighted by atomic mass is 10.1. The molecule has 0 aliphatic rings. The van der Waals surface area contributed by atoms with Crippen LogP contribution < -0.4 is 11.1 Å². The summed E-state index contributed by atoms with van der Waals surface area (Å²) in [6, 6.07) is 13.9. The summed E-state index contributed by atoms with van der Waals surface area (Å²) in [7, 11) is -3.38. The second-order valence-corrected chi connectivity index (χ2v) is 11.5. The Morgan fingerprint density at radius 1 is 1.11 bits per heavy atom. The van der Waals surface area contributed by atoms with Crippen LogP contribution in [0.25, 0.3) is 17.0 Å². The van der Waals surface area contributed by atoms with Gasteiger partial charge in [-0.25, -0.2) is 13.4 Å². The maximum Gasteiger partial charge on any atom is 0.208 e. The molecule has 36 heavy (non-hydrogen) atoms. The zero-order chi connectivity index (χ0) is 26.5. The van der Waals surface area contributed by atoms with Crippen LogP contribution in [0.4, 0.5) is 0 Å². The molecule has 9 heteroatoms. The molecule has 3 aromatic rings. The number of nitrogens with zero attached hydrogens (tertiary/aromatic N) is 2. The Morgan fingerprint density at radius 2 is 1.75 bits per heavy atom. The van der Waals surface area contributed by atoms with E-state index in [2.05, 4.69) is 15.3 Å². The molecule has 196 valence electrons. The lowest BCUT2D eigenvalue weighted by molar-refractivity contribution is 0.104. The Balaban J connectivity index is 0.00000481. The molecule has 0 bridgehead atoms. The number of aromatic nitrogens is 2. The van der Waals surface area contributed by atoms with Gasteiger partial charge in [0.25, 0.3) is 0 Å². The molecule has 1 unspecified atom stereocenters. The van der Waals surface area contributed by atoms with Crippen molar-refractivity contribution < 1.29 is 22.6 Å². The molecule has 0 aliphatic carbocycles. The number of hydrogen-bond donors (Lipinski definition) is 3. The minimum Gasteiger partial charge on any atom is -0.398 e. The largest absolute Gasteiger partial charge is 0.398 e. The van der Waals surface area contributed by atoms with Gasteiger partial charge in [0.1, 0.15) is 5.69 Å². The molecule has 0 fully saturated rings. The molecule has 8 nitrogen and oxygen atoms in total. The number of nitrogens with one attached hydrogen (secondary N) is 1. The smallest absolute Gasteiger partial charge is 0.208 e. The summed E-state index contributed by atoms with van der Waals surface area (Å²) in [5.74, 6) is -0.374. The Labute approximate surface area is 216 Å². The van der Waals surface area contributed by atoms with E-state index in [0.717, 1.165) is 5.56 Å². The Morgan fingerprint density at radius 3 is 2.33 bits per heavy atom. The van der Waals surface area contributed by atoms with Crippen LogP contribution in [-0.4, -0.2) is 47.2 Å². The SMILES string of the molecule is Cc1ncc(-c2ccc(S(=O)(=O)C(C)C)cc2)nc1C(=O)C=C(N)c1ccc(CNCC(C)O)cc1.[HH].[HH].[HH]. The zero-order valence-corrected chi connectivity index (χ0v) is 21.7. The number of ketones is 1. The topological polar surface area (TPSA) is 135 Å². The van der Waals surface area contributed by atoms with Crippen LogP contribution in [-0.2, 0) is 16.4 Å². The van der Waals surface area contributed by atoms with Crippen molar-refractivity contribution >= 4 is 21.3 Å². The molecule has 0 spiro atoms. The first-order valence-electron chi connectivity index (χ1n) is 11.7. The van der Waals surface area contributed by atoms with E-state index >= 15 is 0 Å². The third kappa shape index (κ3) is 6.63. The Hall–Kier alpha value is -3.40. The number of aliphatic hydroxyl groups is 1. The van der Waals surface area contributed by atoms with Gasteiger partial charge in [0.15, 0.2) is 9.84 Å². The van der Waals surface area contributed by atoms with E-state index in [9.17, 15) is 18.3 Å². The summed E-state index contributed by atoms with van der Waals surface area (Å²) in [5, 5.41) is 12.0. The van der Waals surface area contributed by atoms with Gasteiger partial charge in [0, 0.05) is 34.7 Å². The number of hydrogen-bond acceptors (Lipinski definition) is 8. The van der Waals surface area contributed by atoms with Crippen LogP contribution in [0, 0.1) is 6.92 Å². The van der Waals surface area contributed by atoms with Gasteiger partial charge >= 0.3 is 0 Å². The molecule has 0 saturated heterocycles. The first kappa shape index (κ1) is 27.2. The lowest BCUT2D eigenvalue weighted by Crippen LogP contribution is -2.23. The average Bonchev–Trinajstić information content (AvgIpc) is 2.84. The fourth-order valence-electron chi connectivity index (χ4n) is 3.44. The number of benzene rings is 2. The third-order valence-corrected chi connectivity index (χ3v) is 7.80. The number of aliphatic hydroxyl groups excluding tert-OH is 1. The molecule has 0 saturated carbocycles. The molecule has 0 aliphatic heterocycles. The van der Waals surface area contributed by atoms with E-state index in [-0.39, 0.29) is 20.7 Å². The highest BCUT2D eigenvalue weighted by molar-refractivity contribution is 7.92. The van der Waals surface area contributed by atoms with Crippen molar-refractivity contribution in [1.29, 1.82) is 0 Å². The standard InChI is InChI=1S/C27H32N4O4S.3H2/c1-17(2)36(34,35)23-11-9-22(10-12-23)25-16-30-19(4)27(31-25)26(33)13-24(28)21-7-5-20(6-8-21)15-29-14-18(3)32;;;/h5-13,16-18,29,32H,14-15,28H2,1-4H3;3*1H. The van der Waals surface area contributed by atoms with Crippen LogP contribution in [0.5, 0.6) is 0 Å². The van der Waals surface area contributed by atoms with E-state index < -0.39 is 21.2 Å². The summed E-state index contributed by atoms with van der Waals surface area (Å²) in [4.78, 5) is 22.0.